The van der Waals surface area contributed by atoms with E-state index in [0.29, 0.717) is 25.8 Å². The summed E-state index contributed by atoms with van der Waals surface area (Å²) in [5.74, 6) is -0.0397. The Morgan fingerprint density at radius 3 is 1.57 bits per heavy atom. The first-order valence-corrected chi connectivity index (χ1v) is 17.8. The number of aldehydes is 2. The van der Waals surface area contributed by atoms with Crippen LogP contribution in [0.25, 0.3) is 0 Å². The molecule has 1 unspecified atom stereocenters. The molecular formula is C39H73NO7. The lowest BCUT2D eigenvalue weighted by Gasteiger charge is -2.14. The Morgan fingerprint density at radius 1 is 0.830 bits per heavy atom. The second-order valence-electron chi connectivity index (χ2n) is 13.1. The summed E-state index contributed by atoms with van der Waals surface area (Å²) in [6.45, 7) is 15.4. The fraction of sp³-hybridized carbons (Fsp3) is 0.744. The van der Waals surface area contributed by atoms with Gasteiger partial charge in [-0.15, -0.1) is 0 Å². The minimum Gasteiger partial charge on any atom is -0.481 e. The largest absolute Gasteiger partial charge is 0.481 e. The number of carbonyl (C=O) groups excluding carboxylic acids is 3. The highest BCUT2D eigenvalue weighted by Gasteiger charge is 2.07. The van der Waals surface area contributed by atoms with Crippen LogP contribution in [0.5, 0.6) is 0 Å². The number of nitrogens with one attached hydrogen (secondary N) is 1. The molecular weight excluding hydrogens is 594 g/mol. The molecule has 276 valence electrons. The van der Waals surface area contributed by atoms with Gasteiger partial charge in [0.2, 0.25) is 0 Å². The first-order chi connectivity index (χ1) is 22.3. The second kappa shape index (κ2) is 41.4. The molecule has 0 radical (unpaired) electrons. The van der Waals surface area contributed by atoms with Gasteiger partial charge in [-0.3, -0.25) is 9.59 Å². The van der Waals surface area contributed by atoms with Gasteiger partial charge in [-0.2, -0.15) is 0 Å². The molecule has 8 heteroatoms. The van der Waals surface area contributed by atoms with Crippen molar-refractivity contribution in [2.75, 3.05) is 14.2 Å². The van der Waals surface area contributed by atoms with Crippen LogP contribution in [0.2, 0.25) is 0 Å². The number of rotatable bonds is 22. The Bertz CT molecular complexity index is 777. The maximum absolute atomic E-state index is 10.1. The first-order valence-electron chi connectivity index (χ1n) is 17.8. The van der Waals surface area contributed by atoms with E-state index in [1.165, 1.54) is 82.6 Å². The van der Waals surface area contributed by atoms with Crippen LogP contribution >= 0.6 is 0 Å². The Morgan fingerprint density at radius 2 is 1.28 bits per heavy atom. The molecule has 1 rings (SSSR count). The van der Waals surface area contributed by atoms with E-state index in [1.54, 1.807) is 14.2 Å². The lowest BCUT2D eigenvalue weighted by atomic mass is 10.0. The highest BCUT2D eigenvalue weighted by atomic mass is 16.5. The summed E-state index contributed by atoms with van der Waals surface area (Å²) in [6.07, 6.45) is 20.7. The van der Waals surface area contributed by atoms with Crippen molar-refractivity contribution in [1.29, 1.82) is 0 Å². The summed E-state index contributed by atoms with van der Waals surface area (Å²) in [7, 11) is 3.33. The summed E-state index contributed by atoms with van der Waals surface area (Å²) in [6, 6.07) is 9.78. The molecule has 1 aromatic carbocycles. The average molecular weight is 668 g/mol. The molecule has 47 heavy (non-hydrogen) atoms. The van der Waals surface area contributed by atoms with Crippen molar-refractivity contribution in [2.45, 2.75) is 169 Å². The van der Waals surface area contributed by atoms with Crippen LogP contribution in [0.3, 0.4) is 0 Å². The van der Waals surface area contributed by atoms with Gasteiger partial charge in [-0.25, -0.2) is 0 Å². The minimum absolute atomic E-state index is 0.0320. The van der Waals surface area contributed by atoms with Gasteiger partial charge in [0.15, 0.2) is 0 Å². The predicted molar refractivity (Wildman–Crippen MR) is 197 cm³/mol. The third-order valence-electron chi connectivity index (χ3n) is 6.19. The van der Waals surface area contributed by atoms with E-state index < -0.39 is 5.97 Å². The number of aliphatic carboxylic acids is 1. The molecule has 1 atom stereocenters. The van der Waals surface area contributed by atoms with Crippen molar-refractivity contribution in [2.24, 2.45) is 5.92 Å². The van der Waals surface area contributed by atoms with Crippen LogP contribution in [0.1, 0.15) is 157 Å². The van der Waals surface area contributed by atoms with Gasteiger partial charge < -0.3 is 29.5 Å². The summed E-state index contributed by atoms with van der Waals surface area (Å²) in [5.41, 5.74) is 0.905. The summed E-state index contributed by atoms with van der Waals surface area (Å²) in [4.78, 5) is 39.8. The molecule has 0 bridgehead atoms. The van der Waals surface area contributed by atoms with Crippen LogP contribution in [0.15, 0.2) is 30.3 Å². The predicted octanol–water partition coefficient (Wildman–Crippen LogP) is 9.76. The fourth-order valence-corrected chi connectivity index (χ4v) is 3.69. The number of carboxylic acids is 1. The van der Waals surface area contributed by atoms with E-state index in [2.05, 4.69) is 37.7 Å². The zero-order valence-electron chi connectivity index (χ0n) is 31.7. The van der Waals surface area contributed by atoms with Crippen molar-refractivity contribution in [1.82, 2.24) is 5.32 Å². The summed E-state index contributed by atoms with van der Waals surface area (Å²) < 4.78 is 9.48. The molecule has 8 nitrogen and oxygen atoms in total. The van der Waals surface area contributed by atoms with E-state index in [0.717, 1.165) is 25.0 Å². The van der Waals surface area contributed by atoms with Crippen molar-refractivity contribution < 1.29 is 33.8 Å². The smallest absolute Gasteiger partial charge is 0.303 e. The third kappa shape index (κ3) is 59.4. The number of hydrogen-bond acceptors (Lipinski definition) is 7. The molecule has 0 heterocycles. The molecule has 2 N–H and O–H groups in total. The minimum atomic E-state index is -0.873. The zero-order valence-corrected chi connectivity index (χ0v) is 31.7. The van der Waals surface area contributed by atoms with E-state index in [4.69, 9.17) is 9.84 Å². The number of ether oxygens (including phenoxy) is 2. The van der Waals surface area contributed by atoms with Gasteiger partial charge in [-0.1, -0.05) is 135 Å². The molecule has 0 aromatic heterocycles. The Labute approximate surface area is 289 Å². The Hall–Kier alpha value is -2.58. The zero-order chi connectivity index (χ0) is 36.6. The summed E-state index contributed by atoms with van der Waals surface area (Å²) >= 11 is 0. The third-order valence-corrected chi connectivity index (χ3v) is 6.19. The standard InChI is InChI=1S/C16H32O.C8H10O.C6H11NO3.C5H10O2.C4H10/c1-2-3-4-5-6-7-8-9-10-11-12-13-14-15-16-17;1-9-7-8-5-3-2-4-6-8;1-7-5(4-8)2-3-6(9)10;1-5(2,3)7-4-6;1-4(2)3/h16H,2-15H2,1H3;2-6H,7H2,1H3;4-5,7H,2-3H2,1H3,(H,9,10);4H,1-3H3;4H,1-3H3. The number of methoxy groups -OCH3 is 1. The van der Waals surface area contributed by atoms with E-state index in [9.17, 15) is 19.2 Å². The average Bonchev–Trinajstić information content (AvgIpc) is 3.01. The van der Waals surface area contributed by atoms with Crippen LogP contribution in [0.4, 0.5) is 0 Å². The van der Waals surface area contributed by atoms with E-state index >= 15 is 0 Å². The summed E-state index contributed by atoms with van der Waals surface area (Å²) in [5, 5.41) is 10.9. The molecule has 1 aromatic rings. The molecule has 0 aliphatic rings. The van der Waals surface area contributed by atoms with Crippen LogP contribution in [0, 0.1) is 5.92 Å². The maximum atomic E-state index is 10.1. The number of likely N-dealkylation sites (N-methyl/N-ethyl adjacent to an activating group) is 1. The highest BCUT2D eigenvalue weighted by molar-refractivity contribution is 5.68. The lowest BCUT2D eigenvalue weighted by Crippen LogP contribution is -2.27. The van der Waals surface area contributed by atoms with E-state index in [-0.39, 0.29) is 18.1 Å². The number of hydrogen-bond donors (Lipinski definition) is 2. The first kappa shape index (κ1) is 51.3. The van der Waals surface area contributed by atoms with Crippen molar-refractivity contribution in [3.8, 4) is 0 Å². The molecule has 0 saturated carbocycles. The van der Waals surface area contributed by atoms with Gasteiger partial charge in [0.1, 0.15) is 18.2 Å². The Balaban J connectivity index is -0.000000265. The topological polar surface area (TPSA) is 119 Å². The second-order valence-corrected chi connectivity index (χ2v) is 13.1. The molecule has 0 aliphatic carbocycles. The lowest BCUT2D eigenvalue weighted by molar-refractivity contribution is -0.139. The number of carboxylic acid groups (broad SMARTS) is 1. The molecule has 0 amide bonds. The van der Waals surface area contributed by atoms with Crippen molar-refractivity contribution in [3.05, 3.63) is 35.9 Å². The number of carbonyl (C=O) groups is 4. The monoisotopic (exact) mass is 668 g/mol. The van der Waals surface area contributed by atoms with Gasteiger partial charge in [0.25, 0.3) is 6.47 Å². The van der Waals surface area contributed by atoms with Gasteiger partial charge in [-0.05, 0) is 52.1 Å². The van der Waals surface area contributed by atoms with Gasteiger partial charge >= 0.3 is 5.97 Å². The highest BCUT2D eigenvalue weighted by Crippen LogP contribution is 2.12. The van der Waals surface area contributed by atoms with E-state index in [1.807, 2.05) is 51.1 Å². The van der Waals surface area contributed by atoms with Crippen LogP contribution in [-0.4, -0.2) is 55.9 Å². The quantitative estimate of drug-likeness (QED) is 0.0927. The van der Waals surface area contributed by atoms with Gasteiger partial charge in [0.05, 0.1) is 12.6 Å². The van der Waals surface area contributed by atoms with Crippen molar-refractivity contribution in [3.63, 3.8) is 0 Å². The molecule has 0 aliphatic heterocycles. The molecule has 0 fully saturated rings. The molecule has 0 spiro atoms. The Kier molecular flexibility index (Phi) is 45.2. The number of unbranched alkanes of at least 4 members (excludes halogenated alkanes) is 13. The van der Waals surface area contributed by atoms with Gasteiger partial charge in [0, 0.05) is 20.0 Å². The SMILES string of the molecule is CC(C)(C)OC=O.CC(C)C.CCCCCCCCCCCCCCCC=O.CNC(C=O)CCC(=O)O.COCc1ccccc1. The fourth-order valence-electron chi connectivity index (χ4n) is 3.69. The van der Waals surface area contributed by atoms with Crippen molar-refractivity contribution >= 4 is 25.0 Å². The normalized spacial score (nSPS) is 10.7. The molecule has 0 saturated heterocycles. The van der Waals surface area contributed by atoms with Crippen LogP contribution in [-0.2, 0) is 35.3 Å². The van der Waals surface area contributed by atoms with Crippen LogP contribution < -0.4 is 5.32 Å². The maximum Gasteiger partial charge on any atom is 0.303 e. The number of benzene rings is 1.